The zero-order valence-electron chi connectivity index (χ0n) is 15.4. The fourth-order valence-corrected chi connectivity index (χ4v) is 3.67. The van der Waals surface area contributed by atoms with E-state index >= 15 is 0 Å². The number of likely N-dealkylation sites (tertiary alicyclic amines) is 1. The number of hydrogen-bond acceptors (Lipinski definition) is 4. The second-order valence-electron chi connectivity index (χ2n) is 7.08. The SMILES string of the molecule is Cc1c(-c2cc(C(=O)N3CCC(Cc4ccc(Cl)cc4)C3)no2)cnn1C. The van der Waals surface area contributed by atoms with Gasteiger partial charge in [0.15, 0.2) is 11.5 Å². The van der Waals surface area contributed by atoms with Crippen molar-refractivity contribution in [3.8, 4) is 11.3 Å². The van der Waals surface area contributed by atoms with Crippen LogP contribution in [0.4, 0.5) is 0 Å². The largest absolute Gasteiger partial charge is 0.355 e. The van der Waals surface area contributed by atoms with Crippen LogP contribution in [0.15, 0.2) is 41.1 Å². The second kappa shape index (κ2) is 7.19. The number of aryl methyl sites for hydroxylation is 1. The third-order valence-electron chi connectivity index (χ3n) is 5.24. The lowest BCUT2D eigenvalue weighted by molar-refractivity contribution is 0.0777. The van der Waals surface area contributed by atoms with Gasteiger partial charge in [-0.25, -0.2) is 0 Å². The minimum Gasteiger partial charge on any atom is -0.355 e. The minimum atomic E-state index is -0.0786. The Balaban J connectivity index is 1.42. The third-order valence-corrected chi connectivity index (χ3v) is 5.49. The van der Waals surface area contributed by atoms with Crippen LogP contribution >= 0.6 is 11.6 Å². The van der Waals surface area contributed by atoms with E-state index in [4.69, 9.17) is 16.1 Å². The number of benzene rings is 1. The van der Waals surface area contributed by atoms with Crippen molar-refractivity contribution in [2.75, 3.05) is 13.1 Å². The summed E-state index contributed by atoms with van der Waals surface area (Å²) in [4.78, 5) is 14.6. The molecular weight excluding hydrogens is 364 g/mol. The number of amides is 1. The highest BCUT2D eigenvalue weighted by Crippen LogP contribution is 2.26. The van der Waals surface area contributed by atoms with E-state index in [9.17, 15) is 4.79 Å². The normalized spacial score (nSPS) is 16.9. The van der Waals surface area contributed by atoms with Gasteiger partial charge in [-0.05, 0) is 43.4 Å². The summed E-state index contributed by atoms with van der Waals surface area (Å²) in [6.07, 6.45) is 3.66. The average Bonchev–Trinajstić information content (AvgIpc) is 3.38. The van der Waals surface area contributed by atoms with Crippen LogP contribution in [0.5, 0.6) is 0 Å². The summed E-state index contributed by atoms with van der Waals surface area (Å²) in [5, 5.41) is 8.94. The van der Waals surface area contributed by atoms with Crippen LogP contribution in [0.1, 0.15) is 28.2 Å². The predicted molar refractivity (Wildman–Crippen MR) is 103 cm³/mol. The first-order chi connectivity index (χ1) is 13.0. The molecule has 7 heteroatoms. The van der Waals surface area contributed by atoms with Crippen molar-refractivity contribution in [1.29, 1.82) is 0 Å². The smallest absolute Gasteiger partial charge is 0.276 e. The predicted octanol–water partition coefficient (Wildman–Crippen LogP) is 3.74. The maximum absolute atomic E-state index is 12.8. The quantitative estimate of drug-likeness (QED) is 0.687. The molecule has 0 bridgehead atoms. The van der Waals surface area contributed by atoms with E-state index in [0.717, 1.165) is 42.2 Å². The Kier molecular flexibility index (Phi) is 4.74. The van der Waals surface area contributed by atoms with E-state index in [1.54, 1.807) is 16.9 Å². The molecule has 1 aromatic carbocycles. The van der Waals surface area contributed by atoms with Crippen molar-refractivity contribution < 1.29 is 9.32 Å². The molecule has 1 aliphatic heterocycles. The fourth-order valence-electron chi connectivity index (χ4n) is 3.54. The van der Waals surface area contributed by atoms with Gasteiger partial charge in [-0.3, -0.25) is 9.48 Å². The third kappa shape index (κ3) is 3.62. The van der Waals surface area contributed by atoms with Gasteiger partial charge in [0.1, 0.15) is 0 Å². The van der Waals surface area contributed by atoms with Crippen LogP contribution in [0, 0.1) is 12.8 Å². The molecule has 27 heavy (non-hydrogen) atoms. The number of aromatic nitrogens is 3. The summed E-state index contributed by atoms with van der Waals surface area (Å²) in [5.74, 6) is 0.938. The van der Waals surface area contributed by atoms with Crippen LogP contribution in [-0.2, 0) is 13.5 Å². The number of nitrogens with zero attached hydrogens (tertiary/aromatic N) is 4. The number of carbonyl (C=O) groups excluding carboxylic acids is 1. The Morgan fingerprint density at radius 1 is 1.33 bits per heavy atom. The number of carbonyl (C=O) groups is 1. The van der Waals surface area contributed by atoms with Crippen molar-refractivity contribution in [2.45, 2.75) is 19.8 Å². The number of halogens is 1. The maximum atomic E-state index is 12.8. The van der Waals surface area contributed by atoms with Crippen LogP contribution in [0.25, 0.3) is 11.3 Å². The molecule has 1 fully saturated rings. The molecule has 0 saturated carbocycles. The van der Waals surface area contributed by atoms with E-state index in [-0.39, 0.29) is 5.91 Å². The summed E-state index contributed by atoms with van der Waals surface area (Å²) in [5.41, 5.74) is 3.41. The molecule has 1 atom stereocenters. The van der Waals surface area contributed by atoms with Gasteiger partial charge >= 0.3 is 0 Å². The lowest BCUT2D eigenvalue weighted by Gasteiger charge is -2.15. The first-order valence-electron chi connectivity index (χ1n) is 9.00. The monoisotopic (exact) mass is 384 g/mol. The molecule has 0 radical (unpaired) electrons. The summed E-state index contributed by atoms with van der Waals surface area (Å²) in [6.45, 7) is 3.43. The van der Waals surface area contributed by atoms with Gasteiger partial charge < -0.3 is 9.42 Å². The molecule has 0 spiro atoms. The average molecular weight is 385 g/mol. The molecule has 3 aromatic rings. The first kappa shape index (κ1) is 17.8. The zero-order valence-corrected chi connectivity index (χ0v) is 16.1. The molecule has 1 saturated heterocycles. The van der Waals surface area contributed by atoms with Crippen molar-refractivity contribution in [2.24, 2.45) is 13.0 Å². The topological polar surface area (TPSA) is 64.2 Å². The fraction of sp³-hybridized carbons (Fsp3) is 0.350. The molecule has 4 rings (SSSR count). The highest BCUT2D eigenvalue weighted by molar-refractivity contribution is 6.30. The van der Waals surface area contributed by atoms with E-state index in [1.165, 1.54) is 5.56 Å². The van der Waals surface area contributed by atoms with Gasteiger partial charge in [0.05, 0.1) is 11.8 Å². The summed E-state index contributed by atoms with van der Waals surface area (Å²) in [6, 6.07) is 9.62. The first-order valence-corrected chi connectivity index (χ1v) is 9.38. The number of rotatable bonds is 4. The lowest BCUT2D eigenvalue weighted by Crippen LogP contribution is -2.29. The van der Waals surface area contributed by atoms with Gasteiger partial charge in [0.2, 0.25) is 0 Å². The van der Waals surface area contributed by atoms with Gasteiger partial charge in [-0.2, -0.15) is 5.10 Å². The summed E-state index contributed by atoms with van der Waals surface area (Å²) in [7, 11) is 1.87. The van der Waals surface area contributed by atoms with E-state index in [0.29, 0.717) is 17.4 Å². The second-order valence-corrected chi connectivity index (χ2v) is 7.52. The van der Waals surface area contributed by atoms with Crippen LogP contribution in [0.2, 0.25) is 5.02 Å². The molecule has 1 unspecified atom stereocenters. The van der Waals surface area contributed by atoms with Gasteiger partial charge in [-0.1, -0.05) is 28.9 Å². The molecule has 140 valence electrons. The minimum absolute atomic E-state index is 0.0786. The van der Waals surface area contributed by atoms with E-state index < -0.39 is 0 Å². The lowest BCUT2D eigenvalue weighted by atomic mass is 9.99. The molecule has 2 aromatic heterocycles. The molecule has 6 nitrogen and oxygen atoms in total. The van der Waals surface area contributed by atoms with Crippen molar-refractivity contribution in [3.05, 3.63) is 58.5 Å². The highest BCUT2D eigenvalue weighted by Gasteiger charge is 2.29. The Morgan fingerprint density at radius 3 is 2.81 bits per heavy atom. The molecule has 0 aliphatic carbocycles. The van der Waals surface area contributed by atoms with Crippen molar-refractivity contribution >= 4 is 17.5 Å². The van der Waals surface area contributed by atoms with Crippen molar-refractivity contribution in [3.63, 3.8) is 0 Å². The molecule has 0 N–H and O–H groups in total. The van der Waals surface area contributed by atoms with E-state index in [1.807, 2.05) is 43.1 Å². The zero-order chi connectivity index (χ0) is 19.0. The highest BCUT2D eigenvalue weighted by atomic mass is 35.5. The van der Waals surface area contributed by atoms with Crippen LogP contribution in [0.3, 0.4) is 0 Å². The van der Waals surface area contributed by atoms with Crippen LogP contribution < -0.4 is 0 Å². The number of hydrogen-bond donors (Lipinski definition) is 0. The Hall–Kier alpha value is -2.60. The standard InChI is InChI=1S/C20H21ClN4O2/c1-13-17(11-22-24(13)2)19-10-18(23-27-19)20(26)25-8-7-15(12-25)9-14-3-5-16(21)6-4-14/h3-6,10-11,15H,7-9,12H2,1-2H3. The van der Waals surface area contributed by atoms with Gasteiger partial charge in [-0.15, -0.1) is 0 Å². The maximum Gasteiger partial charge on any atom is 0.276 e. The van der Waals surface area contributed by atoms with Crippen LogP contribution in [-0.4, -0.2) is 38.8 Å². The summed E-state index contributed by atoms with van der Waals surface area (Å²) < 4.78 is 7.16. The van der Waals surface area contributed by atoms with Gasteiger partial charge in [0.25, 0.3) is 5.91 Å². The Labute approximate surface area is 162 Å². The molecular formula is C20H21ClN4O2. The van der Waals surface area contributed by atoms with Gasteiger partial charge in [0, 0.05) is 36.9 Å². The van der Waals surface area contributed by atoms with E-state index in [2.05, 4.69) is 10.3 Å². The Bertz CT molecular complexity index is 961. The van der Waals surface area contributed by atoms with Crippen molar-refractivity contribution in [1.82, 2.24) is 19.8 Å². The Morgan fingerprint density at radius 2 is 2.11 bits per heavy atom. The molecule has 1 amide bonds. The molecule has 1 aliphatic rings. The molecule has 3 heterocycles. The summed E-state index contributed by atoms with van der Waals surface area (Å²) >= 11 is 5.94.